The van der Waals surface area contributed by atoms with Crippen molar-refractivity contribution in [3.8, 4) is 0 Å². The van der Waals surface area contributed by atoms with Crippen molar-refractivity contribution in [1.29, 1.82) is 0 Å². The van der Waals surface area contributed by atoms with E-state index in [-0.39, 0.29) is 18.3 Å². The molecule has 3 rings (SSSR count). The van der Waals surface area contributed by atoms with E-state index in [9.17, 15) is 9.90 Å². The number of nitrogens with one attached hydrogen (secondary N) is 1. The number of aliphatic hydroxyl groups excluding tert-OH is 2. The molecule has 0 unspecified atom stereocenters. The summed E-state index contributed by atoms with van der Waals surface area (Å²) in [6.45, 7) is -0.138. The van der Waals surface area contributed by atoms with Crippen molar-refractivity contribution in [3.63, 3.8) is 0 Å². The van der Waals surface area contributed by atoms with Gasteiger partial charge in [0.25, 0.3) is 5.56 Å². The fourth-order valence-corrected chi connectivity index (χ4v) is 2.28. The first-order chi connectivity index (χ1) is 8.70. The van der Waals surface area contributed by atoms with Gasteiger partial charge in [-0.2, -0.15) is 0 Å². The molecule has 7 nitrogen and oxygen atoms in total. The monoisotopic (exact) mass is 251 g/mol. The number of aromatic amines is 1. The largest absolute Gasteiger partial charge is 0.394 e. The molecule has 1 saturated heterocycles. The average Bonchev–Trinajstić information content (AvgIpc) is 2.93. The van der Waals surface area contributed by atoms with E-state index in [1.165, 1.54) is 12.5 Å². The molecule has 1 fully saturated rings. The van der Waals surface area contributed by atoms with Crippen molar-refractivity contribution in [3.05, 3.63) is 28.9 Å². The van der Waals surface area contributed by atoms with E-state index in [4.69, 9.17) is 9.84 Å². The third-order valence-electron chi connectivity index (χ3n) is 3.15. The minimum absolute atomic E-state index is 0.138. The molecule has 3 N–H and O–H groups in total. The molecule has 0 aromatic carbocycles. The predicted octanol–water partition coefficient (Wildman–Crippen LogP) is -0.635. The van der Waals surface area contributed by atoms with Gasteiger partial charge in [0.2, 0.25) is 0 Å². The first kappa shape index (κ1) is 11.4. The van der Waals surface area contributed by atoms with Crippen molar-refractivity contribution < 1.29 is 14.9 Å². The summed E-state index contributed by atoms with van der Waals surface area (Å²) in [5.74, 6) is 0. The number of pyridine rings is 1. The van der Waals surface area contributed by atoms with Crippen molar-refractivity contribution in [1.82, 2.24) is 14.5 Å². The summed E-state index contributed by atoms with van der Waals surface area (Å²) >= 11 is 0. The third-order valence-corrected chi connectivity index (χ3v) is 3.15. The molecule has 96 valence electrons. The number of fused-ring (bicyclic) bond motifs is 1. The highest BCUT2D eigenvalue weighted by atomic mass is 16.5. The van der Waals surface area contributed by atoms with E-state index < -0.39 is 12.3 Å². The SMILES string of the molecule is O=c1[nH]ccc2c1ncn2[C@@H]1O[C@H](CO)C[C@H]1O. The van der Waals surface area contributed by atoms with E-state index in [1.54, 1.807) is 10.6 Å². The molecule has 3 atom stereocenters. The van der Waals surface area contributed by atoms with Crippen LogP contribution in [0.2, 0.25) is 0 Å². The summed E-state index contributed by atoms with van der Waals surface area (Å²) in [5.41, 5.74) is 0.625. The van der Waals surface area contributed by atoms with Crippen LogP contribution in [-0.2, 0) is 4.74 Å². The Hall–Kier alpha value is -1.70. The van der Waals surface area contributed by atoms with E-state index in [1.807, 2.05) is 0 Å². The lowest BCUT2D eigenvalue weighted by molar-refractivity contribution is -0.0484. The minimum atomic E-state index is -0.723. The van der Waals surface area contributed by atoms with Crippen molar-refractivity contribution in [2.24, 2.45) is 0 Å². The molecule has 0 spiro atoms. The summed E-state index contributed by atoms with van der Waals surface area (Å²) in [5, 5.41) is 19.0. The number of imidazole rings is 1. The van der Waals surface area contributed by atoms with Crippen LogP contribution in [0.25, 0.3) is 11.0 Å². The Morgan fingerprint density at radius 2 is 2.44 bits per heavy atom. The maximum atomic E-state index is 11.5. The lowest BCUT2D eigenvalue weighted by atomic mass is 10.2. The van der Waals surface area contributed by atoms with Crippen LogP contribution >= 0.6 is 0 Å². The lowest BCUT2D eigenvalue weighted by Gasteiger charge is -2.16. The van der Waals surface area contributed by atoms with Crippen LogP contribution in [0.1, 0.15) is 12.6 Å². The lowest BCUT2D eigenvalue weighted by Crippen LogP contribution is -2.19. The Morgan fingerprint density at radius 3 is 3.17 bits per heavy atom. The zero-order valence-corrected chi connectivity index (χ0v) is 9.48. The second kappa shape index (κ2) is 4.20. The fourth-order valence-electron chi connectivity index (χ4n) is 2.28. The molecule has 0 radical (unpaired) electrons. The predicted molar refractivity (Wildman–Crippen MR) is 62.0 cm³/mol. The van der Waals surface area contributed by atoms with Crippen LogP contribution in [0.4, 0.5) is 0 Å². The van der Waals surface area contributed by atoms with Crippen molar-refractivity contribution >= 4 is 11.0 Å². The van der Waals surface area contributed by atoms with E-state index in [2.05, 4.69) is 9.97 Å². The summed E-state index contributed by atoms with van der Waals surface area (Å²) in [4.78, 5) is 18.1. The highest BCUT2D eigenvalue weighted by Crippen LogP contribution is 2.30. The van der Waals surface area contributed by atoms with Crippen LogP contribution in [0.15, 0.2) is 23.4 Å². The normalized spacial score (nSPS) is 28.0. The first-order valence-electron chi connectivity index (χ1n) is 5.69. The van der Waals surface area contributed by atoms with Crippen LogP contribution < -0.4 is 5.56 Å². The summed E-state index contributed by atoms with van der Waals surface area (Å²) in [7, 11) is 0. The maximum absolute atomic E-state index is 11.5. The molecule has 2 aromatic rings. The smallest absolute Gasteiger partial charge is 0.276 e. The second-order valence-corrected chi connectivity index (χ2v) is 4.33. The van der Waals surface area contributed by atoms with Crippen molar-refractivity contribution in [2.75, 3.05) is 6.61 Å². The number of hydrogen-bond donors (Lipinski definition) is 3. The standard InChI is InChI=1S/C11H13N3O4/c15-4-6-3-8(16)11(18-6)14-5-13-9-7(14)1-2-12-10(9)17/h1-2,5-6,8,11,15-16H,3-4H2,(H,12,17)/t6-,8+,11+/m0/s1. The van der Waals surface area contributed by atoms with Gasteiger partial charge in [-0.25, -0.2) is 4.98 Å². The Kier molecular flexibility index (Phi) is 2.66. The van der Waals surface area contributed by atoms with Crippen LogP contribution in [0.5, 0.6) is 0 Å². The van der Waals surface area contributed by atoms with Crippen LogP contribution in [0.3, 0.4) is 0 Å². The number of hydrogen-bond acceptors (Lipinski definition) is 5. The first-order valence-corrected chi connectivity index (χ1v) is 5.69. The third kappa shape index (κ3) is 1.64. The molecule has 0 aliphatic carbocycles. The van der Waals surface area contributed by atoms with Crippen molar-refractivity contribution in [2.45, 2.75) is 24.9 Å². The number of H-pyrrole nitrogens is 1. The molecule has 0 bridgehead atoms. The van der Waals surface area contributed by atoms with Gasteiger partial charge in [-0.05, 0) is 6.07 Å². The van der Waals surface area contributed by atoms with E-state index >= 15 is 0 Å². The van der Waals surface area contributed by atoms with Gasteiger partial charge in [-0.15, -0.1) is 0 Å². The van der Waals surface area contributed by atoms with E-state index in [0.29, 0.717) is 17.5 Å². The zero-order valence-electron chi connectivity index (χ0n) is 9.48. The maximum Gasteiger partial charge on any atom is 0.276 e. The Balaban J connectivity index is 2.05. The number of aliphatic hydroxyl groups is 2. The summed E-state index contributed by atoms with van der Waals surface area (Å²) in [6.07, 6.45) is 1.63. The molecular weight excluding hydrogens is 238 g/mol. The molecule has 1 aliphatic heterocycles. The van der Waals surface area contributed by atoms with Gasteiger partial charge >= 0.3 is 0 Å². The number of rotatable bonds is 2. The molecule has 0 amide bonds. The molecule has 7 heteroatoms. The highest BCUT2D eigenvalue weighted by Gasteiger charge is 2.35. The van der Waals surface area contributed by atoms with Gasteiger partial charge < -0.3 is 24.5 Å². The topological polar surface area (TPSA) is 100 Å². The molecule has 0 saturated carbocycles. The van der Waals surface area contributed by atoms with Gasteiger partial charge in [0.05, 0.1) is 24.6 Å². The van der Waals surface area contributed by atoms with Crippen LogP contribution in [0, 0.1) is 0 Å². The molecule has 3 heterocycles. The van der Waals surface area contributed by atoms with E-state index in [0.717, 1.165) is 0 Å². The number of aromatic nitrogens is 3. The quantitative estimate of drug-likeness (QED) is 0.659. The Labute approximate surface area is 102 Å². The summed E-state index contributed by atoms with van der Waals surface area (Å²) < 4.78 is 7.14. The molecule has 2 aromatic heterocycles. The molecular formula is C11H13N3O4. The highest BCUT2D eigenvalue weighted by molar-refractivity contribution is 5.73. The number of ether oxygens (including phenoxy) is 1. The second-order valence-electron chi connectivity index (χ2n) is 4.33. The minimum Gasteiger partial charge on any atom is -0.394 e. The molecule has 1 aliphatic rings. The van der Waals surface area contributed by atoms with Gasteiger partial charge in [0, 0.05) is 12.6 Å². The van der Waals surface area contributed by atoms with Gasteiger partial charge in [-0.1, -0.05) is 0 Å². The summed E-state index contributed by atoms with van der Waals surface area (Å²) in [6, 6.07) is 1.70. The van der Waals surface area contributed by atoms with Crippen LogP contribution in [-0.4, -0.2) is 43.6 Å². The van der Waals surface area contributed by atoms with Gasteiger partial charge in [0.15, 0.2) is 11.7 Å². The number of nitrogens with zero attached hydrogens (tertiary/aromatic N) is 2. The molecule has 18 heavy (non-hydrogen) atoms. The average molecular weight is 251 g/mol. The van der Waals surface area contributed by atoms with Gasteiger partial charge in [-0.3, -0.25) is 4.79 Å². The fraction of sp³-hybridized carbons (Fsp3) is 0.455. The van der Waals surface area contributed by atoms with Gasteiger partial charge in [0.1, 0.15) is 6.10 Å². The zero-order chi connectivity index (χ0) is 12.7. The Morgan fingerprint density at radius 1 is 1.61 bits per heavy atom. The Bertz CT molecular complexity index is 620.